The van der Waals surface area contributed by atoms with Gasteiger partial charge in [-0.25, -0.2) is 0 Å². The summed E-state index contributed by atoms with van der Waals surface area (Å²) in [6, 6.07) is 8.55. The highest BCUT2D eigenvalue weighted by molar-refractivity contribution is 5.53. The number of hydrogen-bond donors (Lipinski definition) is 1. The topological polar surface area (TPSA) is 12.0 Å². The van der Waals surface area contributed by atoms with Gasteiger partial charge in [-0.2, -0.15) is 0 Å². The number of nitrogens with one attached hydrogen (secondary N) is 1. The van der Waals surface area contributed by atoms with E-state index in [4.69, 9.17) is 0 Å². The van der Waals surface area contributed by atoms with Crippen LogP contribution in [0, 0.1) is 5.92 Å². The predicted octanol–water partition coefficient (Wildman–Crippen LogP) is 2.85. The second-order valence-corrected chi connectivity index (χ2v) is 3.63. The molecule has 1 N–H and O–H groups in total. The predicted molar refractivity (Wildman–Crippen MR) is 56.9 cm³/mol. The molecule has 1 aliphatic rings. The third kappa shape index (κ3) is 1.74. The molecule has 0 amide bonds. The summed E-state index contributed by atoms with van der Waals surface area (Å²) in [6.07, 6.45) is 4.32. The molecule has 0 radical (unpaired) electrons. The zero-order valence-electron chi connectivity index (χ0n) is 7.79. The molecule has 0 aromatic heterocycles. The fourth-order valence-corrected chi connectivity index (χ4v) is 1.91. The van der Waals surface area contributed by atoms with Crippen molar-refractivity contribution in [3.8, 4) is 0 Å². The molecule has 13 heavy (non-hydrogen) atoms. The van der Waals surface area contributed by atoms with Crippen LogP contribution in [0.1, 0.15) is 12.0 Å². The highest BCUT2D eigenvalue weighted by atomic mass is 14.9. The first-order chi connectivity index (χ1) is 6.40. The van der Waals surface area contributed by atoms with Crippen molar-refractivity contribution in [2.24, 2.45) is 5.92 Å². The van der Waals surface area contributed by atoms with Crippen LogP contribution in [0.5, 0.6) is 0 Å². The summed E-state index contributed by atoms with van der Waals surface area (Å²) in [5, 5.41) is 3.45. The van der Waals surface area contributed by atoms with Crippen LogP contribution >= 0.6 is 0 Å². The maximum absolute atomic E-state index is 3.78. The van der Waals surface area contributed by atoms with E-state index in [1.165, 1.54) is 17.7 Å². The zero-order chi connectivity index (χ0) is 9.10. The summed E-state index contributed by atoms with van der Waals surface area (Å²) < 4.78 is 0. The number of fused-ring (bicyclic) bond motifs is 1. The Bertz CT molecular complexity index is 304. The molecule has 1 heterocycles. The van der Waals surface area contributed by atoms with E-state index in [-0.39, 0.29) is 0 Å². The smallest absolute Gasteiger partial charge is 0.0372 e. The number of hydrogen-bond acceptors (Lipinski definition) is 1. The van der Waals surface area contributed by atoms with E-state index in [0.29, 0.717) is 0 Å². The Balaban J connectivity index is 2.15. The Morgan fingerprint density at radius 1 is 1.46 bits per heavy atom. The molecule has 0 bridgehead atoms. The van der Waals surface area contributed by atoms with Crippen LogP contribution in [0.2, 0.25) is 0 Å². The van der Waals surface area contributed by atoms with Crippen molar-refractivity contribution in [1.29, 1.82) is 0 Å². The summed E-state index contributed by atoms with van der Waals surface area (Å²) in [5.41, 5.74) is 2.75. The van der Waals surface area contributed by atoms with Crippen molar-refractivity contribution in [3.63, 3.8) is 0 Å². The van der Waals surface area contributed by atoms with Crippen molar-refractivity contribution >= 4 is 5.69 Å². The maximum Gasteiger partial charge on any atom is 0.0372 e. The van der Waals surface area contributed by atoms with Crippen molar-refractivity contribution < 1.29 is 0 Å². The summed E-state index contributed by atoms with van der Waals surface area (Å²) >= 11 is 0. The highest BCUT2D eigenvalue weighted by Gasteiger charge is 2.15. The summed E-state index contributed by atoms with van der Waals surface area (Å²) in [6.45, 7) is 4.87. The molecule has 0 fully saturated rings. The van der Waals surface area contributed by atoms with E-state index in [0.717, 1.165) is 18.9 Å². The summed E-state index contributed by atoms with van der Waals surface area (Å²) in [5.74, 6) is 0.729. The van der Waals surface area contributed by atoms with E-state index in [9.17, 15) is 0 Å². The Labute approximate surface area is 79.5 Å². The van der Waals surface area contributed by atoms with Gasteiger partial charge in [0.25, 0.3) is 0 Å². The lowest BCUT2D eigenvalue weighted by atomic mass is 9.92. The van der Waals surface area contributed by atoms with Crippen molar-refractivity contribution in [1.82, 2.24) is 0 Å². The fraction of sp³-hybridized carbons (Fsp3) is 0.333. The second kappa shape index (κ2) is 3.65. The second-order valence-electron chi connectivity index (χ2n) is 3.63. The van der Waals surface area contributed by atoms with Crippen LogP contribution in [0.25, 0.3) is 0 Å². The van der Waals surface area contributed by atoms with Crippen LogP contribution in [-0.4, -0.2) is 6.54 Å². The Hall–Kier alpha value is -1.24. The highest BCUT2D eigenvalue weighted by Crippen LogP contribution is 2.25. The molecule has 68 valence electrons. The Kier molecular flexibility index (Phi) is 2.35. The van der Waals surface area contributed by atoms with Gasteiger partial charge in [0.15, 0.2) is 0 Å². The van der Waals surface area contributed by atoms with Crippen LogP contribution in [0.4, 0.5) is 5.69 Å². The van der Waals surface area contributed by atoms with Crippen LogP contribution in [0.3, 0.4) is 0 Å². The minimum atomic E-state index is 0.729. The molecule has 1 nitrogen and oxygen atoms in total. The van der Waals surface area contributed by atoms with Crippen molar-refractivity contribution in [3.05, 3.63) is 42.5 Å². The molecule has 0 saturated heterocycles. The summed E-state index contributed by atoms with van der Waals surface area (Å²) in [7, 11) is 0. The van der Waals surface area contributed by atoms with Gasteiger partial charge < -0.3 is 5.32 Å². The number of allylic oxidation sites excluding steroid dienone is 1. The van der Waals surface area contributed by atoms with Crippen LogP contribution in [0.15, 0.2) is 36.9 Å². The minimum Gasteiger partial charge on any atom is -0.385 e. The molecule has 1 aromatic carbocycles. The molecule has 1 atom stereocenters. The first-order valence-electron chi connectivity index (χ1n) is 4.83. The van der Waals surface area contributed by atoms with Gasteiger partial charge in [-0.05, 0) is 30.4 Å². The van der Waals surface area contributed by atoms with E-state index in [1.807, 2.05) is 6.08 Å². The number of benzene rings is 1. The lowest BCUT2D eigenvalue weighted by Gasteiger charge is -2.25. The van der Waals surface area contributed by atoms with Crippen LogP contribution < -0.4 is 5.32 Å². The number of rotatable bonds is 2. The Morgan fingerprint density at radius 2 is 2.31 bits per heavy atom. The first kappa shape index (κ1) is 8.36. The van der Waals surface area contributed by atoms with Crippen LogP contribution in [-0.2, 0) is 6.42 Å². The third-order valence-electron chi connectivity index (χ3n) is 2.61. The Morgan fingerprint density at radius 3 is 3.15 bits per heavy atom. The molecule has 1 heteroatoms. The molecular weight excluding hydrogens is 158 g/mol. The molecular formula is C12H15N. The number of para-hydroxylation sites is 1. The molecule has 2 rings (SSSR count). The summed E-state index contributed by atoms with van der Waals surface area (Å²) in [4.78, 5) is 0. The minimum absolute atomic E-state index is 0.729. The van der Waals surface area contributed by atoms with Gasteiger partial charge >= 0.3 is 0 Å². The van der Waals surface area contributed by atoms with E-state index < -0.39 is 0 Å². The molecule has 1 aliphatic heterocycles. The first-order valence-corrected chi connectivity index (χ1v) is 4.83. The normalized spacial score (nSPS) is 20.2. The number of anilines is 1. The lowest BCUT2D eigenvalue weighted by molar-refractivity contribution is 0.546. The van der Waals surface area contributed by atoms with Gasteiger partial charge in [0.05, 0.1) is 0 Å². The molecule has 1 aromatic rings. The molecule has 1 unspecified atom stereocenters. The van der Waals surface area contributed by atoms with Crippen molar-refractivity contribution in [2.75, 3.05) is 11.9 Å². The lowest BCUT2D eigenvalue weighted by Crippen LogP contribution is -2.22. The molecule has 0 aliphatic carbocycles. The SMILES string of the molecule is C=CCC1CNc2ccccc2C1. The van der Waals surface area contributed by atoms with E-state index in [1.54, 1.807) is 0 Å². The van der Waals surface area contributed by atoms with Gasteiger partial charge in [0.1, 0.15) is 0 Å². The fourth-order valence-electron chi connectivity index (χ4n) is 1.91. The zero-order valence-corrected chi connectivity index (χ0v) is 7.79. The van der Waals surface area contributed by atoms with Gasteiger partial charge in [-0.1, -0.05) is 24.3 Å². The maximum atomic E-state index is 3.78. The van der Waals surface area contributed by atoms with Crippen molar-refractivity contribution in [2.45, 2.75) is 12.8 Å². The van der Waals surface area contributed by atoms with Gasteiger partial charge in [0, 0.05) is 12.2 Å². The quantitative estimate of drug-likeness (QED) is 0.678. The van der Waals surface area contributed by atoms with Gasteiger partial charge in [-0.15, -0.1) is 6.58 Å². The standard InChI is InChI=1S/C12H15N/c1-2-5-10-8-11-6-3-4-7-12(11)13-9-10/h2-4,6-7,10,13H,1,5,8-9H2. The van der Waals surface area contributed by atoms with Gasteiger partial charge in [-0.3, -0.25) is 0 Å². The average Bonchev–Trinajstić information content (AvgIpc) is 2.18. The molecule has 0 spiro atoms. The van der Waals surface area contributed by atoms with E-state index in [2.05, 4.69) is 36.2 Å². The van der Waals surface area contributed by atoms with Gasteiger partial charge in [0.2, 0.25) is 0 Å². The average molecular weight is 173 g/mol. The largest absolute Gasteiger partial charge is 0.385 e. The van der Waals surface area contributed by atoms with E-state index >= 15 is 0 Å². The monoisotopic (exact) mass is 173 g/mol. The third-order valence-corrected chi connectivity index (χ3v) is 2.61. The molecule has 0 saturated carbocycles.